The van der Waals surface area contributed by atoms with E-state index in [2.05, 4.69) is 31.5 Å². The molecule has 9 heteroatoms. The van der Waals surface area contributed by atoms with Gasteiger partial charge in [0.1, 0.15) is 11.6 Å². The summed E-state index contributed by atoms with van der Waals surface area (Å²) in [6.07, 6.45) is 0.986. The first-order valence-corrected chi connectivity index (χ1v) is 6.87. The molecule has 110 valence electrons. The van der Waals surface area contributed by atoms with Crippen molar-refractivity contribution in [3.63, 3.8) is 0 Å². The molecule has 0 aliphatic heterocycles. The van der Waals surface area contributed by atoms with Gasteiger partial charge in [-0.1, -0.05) is 15.9 Å². The van der Waals surface area contributed by atoms with E-state index in [9.17, 15) is 18.7 Å². The van der Waals surface area contributed by atoms with Crippen molar-refractivity contribution in [2.75, 3.05) is 0 Å². The Morgan fingerprint density at radius 1 is 1.38 bits per heavy atom. The summed E-state index contributed by atoms with van der Waals surface area (Å²) >= 11 is 2.99. The van der Waals surface area contributed by atoms with Gasteiger partial charge in [0, 0.05) is 4.47 Å². The van der Waals surface area contributed by atoms with Crippen LogP contribution in [0.4, 0.5) is 8.78 Å². The predicted octanol–water partition coefficient (Wildman–Crippen LogP) is 2.25. The first-order valence-electron chi connectivity index (χ1n) is 6.07. The molecule has 0 atom stereocenters. The molecule has 3 rings (SSSR count). The number of aromatic nitrogens is 4. The molecule has 0 unspecified atom stereocenters. The van der Waals surface area contributed by atoms with Crippen molar-refractivity contribution in [3.8, 4) is 11.4 Å². The Morgan fingerprint density at radius 2 is 2.00 bits per heavy atom. The molecule has 0 saturated heterocycles. The van der Waals surface area contributed by atoms with Gasteiger partial charge in [-0.2, -0.15) is 0 Å². The molecular formula is C12H9BrF2N4O2. The molecule has 6 nitrogen and oxygen atoms in total. The molecule has 0 amide bonds. The van der Waals surface area contributed by atoms with Gasteiger partial charge in [-0.05, 0) is 35.4 Å². The largest absolute Gasteiger partial charge is 0.481 e. The number of carboxylic acid groups (broad SMARTS) is 1. The quantitative estimate of drug-likeness (QED) is 0.906. The highest BCUT2D eigenvalue weighted by Crippen LogP contribution is 2.47. The minimum Gasteiger partial charge on any atom is -0.481 e. The summed E-state index contributed by atoms with van der Waals surface area (Å²) in [6, 6.07) is 2.20. The number of carbonyl (C=O) groups is 1. The van der Waals surface area contributed by atoms with E-state index in [1.54, 1.807) is 0 Å². The molecule has 1 aliphatic rings. The van der Waals surface area contributed by atoms with Crippen LogP contribution in [-0.4, -0.2) is 31.3 Å². The molecule has 0 spiro atoms. The third-order valence-electron chi connectivity index (χ3n) is 3.52. The van der Waals surface area contributed by atoms with Crippen LogP contribution in [0.5, 0.6) is 0 Å². The molecule has 1 aromatic carbocycles. The van der Waals surface area contributed by atoms with Crippen LogP contribution in [0.2, 0.25) is 0 Å². The molecular weight excluding hydrogens is 350 g/mol. The van der Waals surface area contributed by atoms with E-state index in [1.807, 2.05) is 0 Å². The van der Waals surface area contributed by atoms with Crippen LogP contribution in [0.25, 0.3) is 11.4 Å². The lowest BCUT2D eigenvalue weighted by Crippen LogP contribution is -2.23. The number of aliphatic carboxylic acids is 1. The SMILES string of the molecule is O=C(O)C1(Cn2nnnc2-c2c(F)cc(Br)cc2F)CC1. The third kappa shape index (κ3) is 2.41. The first kappa shape index (κ1) is 14.1. The normalized spacial score (nSPS) is 16.0. The van der Waals surface area contributed by atoms with Gasteiger partial charge in [0.05, 0.1) is 17.5 Å². The number of carboxylic acids is 1. The Kier molecular flexibility index (Phi) is 3.23. The van der Waals surface area contributed by atoms with Crippen LogP contribution < -0.4 is 0 Å². The highest BCUT2D eigenvalue weighted by atomic mass is 79.9. The van der Waals surface area contributed by atoms with Crippen LogP contribution >= 0.6 is 15.9 Å². The molecule has 21 heavy (non-hydrogen) atoms. The predicted molar refractivity (Wildman–Crippen MR) is 70.2 cm³/mol. The van der Waals surface area contributed by atoms with Crippen LogP contribution in [0.15, 0.2) is 16.6 Å². The van der Waals surface area contributed by atoms with Crippen LogP contribution in [0, 0.1) is 17.0 Å². The van der Waals surface area contributed by atoms with Crippen molar-refractivity contribution in [2.24, 2.45) is 5.41 Å². The Balaban J connectivity index is 2.02. The van der Waals surface area contributed by atoms with E-state index in [0.717, 1.165) is 16.8 Å². The average Bonchev–Trinajstić information content (AvgIpc) is 3.03. The van der Waals surface area contributed by atoms with Crippen LogP contribution in [0.1, 0.15) is 12.8 Å². The van der Waals surface area contributed by atoms with E-state index in [1.165, 1.54) is 0 Å². The van der Waals surface area contributed by atoms with Gasteiger partial charge in [-0.25, -0.2) is 13.5 Å². The van der Waals surface area contributed by atoms with E-state index in [4.69, 9.17) is 0 Å². The second kappa shape index (κ2) is 4.83. The van der Waals surface area contributed by atoms with Crippen molar-refractivity contribution in [2.45, 2.75) is 19.4 Å². The average molecular weight is 359 g/mol. The maximum absolute atomic E-state index is 14.0. The van der Waals surface area contributed by atoms with Crippen LogP contribution in [-0.2, 0) is 11.3 Å². The summed E-state index contributed by atoms with van der Waals surface area (Å²) in [5.74, 6) is -2.72. The molecule has 1 aliphatic carbocycles. The molecule has 1 N–H and O–H groups in total. The van der Waals surface area contributed by atoms with Crippen molar-refractivity contribution in [3.05, 3.63) is 28.2 Å². The zero-order valence-electron chi connectivity index (χ0n) is 10.6. The van der Waals surface area contributed by atoms with E-state index >= 15 is 0 Å². The number of hydrogen-bond acceptors (Lipinski definition) is 4. The molecule has 0 bridgehead atoms. The number of tetrazole rings is 1. The van der Waals surface area contributed by atoms with Gasteiger partial charge in [0.25, 0.3) is 0 Å². The monoisotopic (exact) mass is 358 g/mol. The lowest BCUT2D eigenvalue weighted by atomic mass is 10.1. The van der Waals surface area contributed by atoms with Gasteiger partial charge in [0.15, 0.2) is 5.82 Å². The Bertz CT molecular complexity index is 707. The highest BCUT2D eigenvalue weighted by Gasteiger charge is 2.51. The molecule has 1 saturated carbocycles. The fourth-order valence-corrected chi connectivity index (χ4v) is 2.53. The summed E-state index contributed by atoms with van der Waals surface area (Å²) in [6.45, 7) is -0.0143. The standard InChI is InChI=1S/C12H9BrF2N4O2/c13-6-3-7(14)9(8(15)4-6)10-16-17-18-19(10)5-12(1-2-12)11(20)21/h3-4H,1-2,5H2,(H,20,21). The zero-order chi connectivity index (χ0) is 15.2. The second-order valence-corrected chi connectivity index (χ2v) is 5.91. The summed E-state index contributed by atoms with van der Waals surface area (Å²) < 4.78 is 29.3. The number of benzene rings is 1. The van der Waals surface area contributed by atoms with Crippen molar-refractivity contribution in [1.29, 1.82) is 0 Å². The fourth-order valence-electron chi connectivity index (χ4n) is 2.12. The van der Waals surface area contributed by atoms with Crippen LogP contribution in [0.3, 0.4) is 0 Å². The fraction of sp³-hybridized carbons (Fsp3) is 0.333. The first-order chi connectivity index (χ1) is 9.93. The topological polar surface area (TPSA) is 80.9 Å². The highest BCUT2D eigenvalue weighted by molar-refractivity contribution is 9.10. The van der Waals surface area contributed by atoms with Gasteiger partial charge in [-0.15, -0.1) is 5.10 Å². The molecule has 1 fully saturated rings. The maximum Gasteiger partial charge on any atom is 0.311 e. The third-order valence-corrected chi connectivity index (χ3v) is 3.98. The summed E-state index contributed by atoms with van der Waals surface area (Å²) in [7, 11) is 0. The summed E-state index contributed by atoms with van der Waals surface area (Å²) in [5, 5.41) is 19.8. The summed E-state index contributed by atoms with van der Waals surface area (Å²) in [4.78, 5) is 11.2. The number of rotatable bonds is 4. The number of halogens is 3. The summed E-state index contributed by atoms with van der Waals surface area (Å²) in [5.41, 5.74) is -1.31. The second-order valence-electron chi connectivity index (χ2n) is 4.99. The number of nitrogens with zero attached hydrogens (tertiary/aromatic N) is 4. The van der Waals surface area contributed by atoms with E-state index < -0.39 is 23.0 Å². The Morgan fingerprint density at radius 3 is 2.52 bits per heavy atom. The molecule has 1 heterocycles. The minimum atomic E-state index is -0.958. The van der Waals surface area contributed by atoms with Crippen molar-refractivity contribution >= 4 is 21.9 Å². The Labute approximate surface area is 125 Å². The molecule has 2 aromatic rings. The smallest absolute Gasteiger partial charge is 0.311 e. The lowest BCUT2D eigenvalue weighted by molar-refractivity contribution is -0.144. The van der Waals surface area contributed by atoms with E-state index in [-0.39, 0.29) is 22.4 Å². The van der Waals surface area contributed by atoms with E-state index in [0.29, 0.717) is 12.8 Å². The maximum atomic E-state index is 14.0. The Hall–Kier alpha value is -1.90. The lowest BCUT2D eigenvalue weighted by Gasteiger charge is -2.11. The van der Waals surface area contributed by atoms with Crippen molar-refractivity contribution < 1.29 is 18.7 Å². The van der Waals surface area contributed by atoms with Gasteiger partial charge >= 0.3 is 5.97 Å². The van der Waals surface area contributed by atoms with Crippen molar-refractivity contribution in [1.82, 2.24) is 20.2 Å². The zero-order valence-corrected chi connectivity index (χ0v) is 12.1. The van der Waals surface area contributed by atoms with Gasteiger partial charge < -0.3 is 5.11 Å². The minimum absolute atomic E-state index is 0.0143. The van der Waals surface area contributed by atoms with Gasteiger partial charge in [-0.3, -0.25) is 4.79 Å². The molecule has 0 radical (unpaired) electrons. The molecule has 1 aromatic heterocycles. The number of hydrogen-bond donors (Lipinski definition) is 1. The van der Waals surface area contributed by atoms with Gasteiger partial charge in [0.2, 0.25) is 0 Å².